The van der Waals surface area contributed by atoms with E-state index >= 15 is 0 Å². The van der Waals surface area contributed by atoms with Gasteiger partial charge in [-0.2, -0.15) is 0 Å². The van der Waals surface area contributed by atoms with Crippen LogP contribution in [0.3, 0.4) is 0 Å². The van der Waals surface area contributed by atoms with E-state index < -0.39 is 10.0 Å². The van der Waals surface area contributed by atoms with Crippen LogP contribution in [-0.4, -0.2) is 14.2 Å². The lowest BCUT2D eigenvalue weighted by molar-refractivity contribution is 0.104. The summed E-state index contributed by atoms with van der Waals surface area (Å²) in [6.45, 7) is 5.33. The minimum absolute atomic E-state index is 0.179. The van der Waals surface area contributed by atoms with E-state index in [-0.39, 0.29) is 10.7 Å². The van der Waals surface area contributed by atoms with Crippen LogP contribution in [0, 0.1) is 6.92 Å². The molecule has 0 bridgehead atoms. The Kier molecular flexibility index (Phi) is 5.18. The Morgan fingerprint density at radius 3 is 2.41 bits per heavy atom. The highest BCUT2D eigenvalue weighted by atomic mass is 32.3. The minimum atomic E-state index is -3.65. The molecular weight excluding hydrogens is 318 g/mol. The Morgan fingerprint density at radius 1 is 1.14 bits per heavy atom. The summed E-state index contributed by atoms with van der Waals surface area (Å²) >= 11 is 0.890. The number of allylic oxidation sites excluding steroid dienone is 1. The van der Waals surface area contributed by atoms with Gasteiger partial charge in [-0.05, 0) is 49.2 Å². The van der Waals surface area contributed by atoms with Gasteiger partial charge in [-0.15, -0.1) is 4.13 Å². The van der Waals surface area contributed by atoms with Gasteiger partial charge in [0.05, 0.1) is 4.90 Å². The topological polar surface area (TPSA) is 63.2 Å². The number of aryl methyl sites for hydroxylation is 1. The maximum atomic E-state index is 12.2. The Bertz CT molecular complexity index is 796. The molecule has 0 saturated carbocycles. The number of carbonyl (C=O) groups is 1. The zero-order valence-electron chi connectivity index (χ0n) is 11.9. The monoisotopic (exact) mass is 333 g/mol. The number of rotatable bonds is 6. The van der Waals surface area contributed by atoms with Gasteiger partial charge in [0.15, 0.2) is 5.78 Å². The molecule has 4 nitrogen and oxygen atoms in total. The molecule has 0 aromatic heterocycles. The molecule has 0 atom stereocenters. The maximum absolute atomic E-state index is 12.2. The summed E-state index contributed by atoms with van der Waals surface area (Å²) in [5, 5.41) is 0. The van der Waals surface area contributed by atoms with Gasteiger partial charge < -0.3 is 0 Å². The van der Waals surface area contributed by atoms with E-state index in [1.807, 2.05) is 6.92 Å². The van der Waals surface area contributed by atoms with E-state index in [1.54, 1.807) is 48.5 Å². The number of nitrogens with one attached hydrogen (secondary N) is 1. The second-order valence-corrected chi connectivity index (χ2v) is 7.36. The third-order valence-electron chi connectivity index (χ3n) is 2.93. The van der Waals surface area contributed by atoms with Crippen molar-refractivity contribution in [1.29, 1.82) is 0 Å². The first-order valence-corrected chi connectivity index (χ1v) is 8.75. The first-order valence-electron chi connectivity index (χ1n) is 6.45. The second kappa shape index (κ2) is 6.91. The molecule has 0 unspecified atom stereocenters. The van der Waals surface area contributed by atoms with Crippen molar-refractivity contribution in [3.8, 4) is 0 Å². The smallest absolute Gasteiger partial charge is 0.250 e. The van der Waals surface area contributed by atoms with Gasteiger partial charge in [0.25, 0.3) is 0 Å². The number of carbonyl (C=O) groups excluding carboxylic acids is 1. The van der Waals surface area contributed by atoms with Crippen molar-refractivity contribution in [2.75, 3.05) is 0 Å². The van der Waals surface area contributed by atoms with Crippen molar-refractivity contribution >= 4 is 27.8 Å². The van der Waals surface area contributed by atoms with Crippen LogP contribution in [0.4, 0.5) is 0 Å². The highest BCUT2D eigenvalue weighted by Gasteiger charge is 2.16. The lowest BCUT2D eigenvalue weighted by Crippen LogP contribution is -2.17. The lowest BCUT2D eigenvalue weighted by Gasteiger charge is -2.09. The molecule has 2 aromatic rings. The molecule has 0 spiro atoms. The standard InChI is InChI=1S/C16H15NO3S2/c1-3-15(18)14-6-4-5-7-16(14)21-17-22(19,20)13-10-8-12(2)9-11-13/h3-11,17H,1H2,2H3. The van der Waals surface area contributed by atoms with Crippen LogP contribution in [0.5, 0.6) is 0 Å². The zero-order valence-corrected chi connectivity index (χ0v) is 13.6. The number of sulfonamides is 1. The van der Waals surface area contributed by atoms with Crippen LogP contribution >= 0.6 is 11.9 Å². The van der Waals surface area contributed by atoms with Crippen molar-refractivity contribution < 1.29 is 13.2 Å². The van der Waals surface area contributed by atoms with Gasteiger partial charge in [0.2, 0.25) is 10.0 Å². The number of hydrogen-bond donors (Lipinski definition) is 1. The van der Waals surface area contributed by atoms with Gasteiger partial charge in [-0.25, -0.2) is 8.42 Å². The van der Waals surface area contributed by atoms with Gasteiger partial charge >= 0.3 is 0 Å². The van der Waals surface area contributed by atoms with Crippen LogP contribution in [0.15, 0.2) is 71.0 Å². The predicted molar refractivity (Wildman–Crippen MR) is 88.3 cm³/mol. The summed E-state index contributed by atoms with van der Waals surface area (Å²) in [7, 11) is -3.65. The third-order valence-corrected chi connectivity index (χ3v) is 5.61. The lowest BCUT2D eigenvalue weighted by atomic mass is 10.1. The largest absolute Gasteiger partial charge is 0.289 e. The summed E-state index contributed by atoms with van der Waals surface area (Å²) in [4.78, 5) is 12.5. The highest BCUT2D eigenvalue weighted by molar-refractivity contribution is 8.09. The quantitative estimate of drug-likeness (QED) is 0.500. The first-order chi connectivity index (χ1) is 10.4. The second-order valence-electron chi connectivity index (χ2n) is 4.57. The summed E-state index contributed by atoms with van der Waals surface area (Å²) in [6, 6.07) is 13.3. The third kappa shape index (κ3) is 3.85. The van der Waals surface area contributed by atoms with E-state index in [9.17, 15) is 13.2 Å². The Labute approximate surface area is 134 Å². The normalized spacial score (nSPS) is 11.1. The van der Waals surface area contributed by atoms with E-state index in [0.29, 0.717) is 10.5 Å². The minimum Gasteiger partial charge on any atom is -0.289 e. The molecule has 0 fully saturated rings. The molecule has 0 amide bonds. The fourth-order valence-electron chi connectivity index (χ4n) is 1.73. The van der Waals surface area contributed by atoms with Crippen molar-refractivity contribution in [3.63, 3.8) is 0 Å². The molecule has 0 aliphatic carbocycles. The van der Waals surface area contributed by atoms with Gasteiger partial charge in [-0.1, -0.05) is 36.4 Å². The highest BCUT2D eigenvalue weighted by Crippen LogP contribution is 2.23. The Balaban J connectivity index is 2.21. The van der Waals surface area contributed by atoms with Crippen molar-refractivity contribution in [2.24, 2.45) is 0 Å². The number of benzene rings is 2. The van der Waals surface area contributed by atoms with Gasteiger partial charge in [0.1, 0.15) is 0 Å². The van der Waals surface area contributed by atoms with Crippen molar-refractivity contribution in [3.05, 3.63) is 72.3 Å². The number of ketones is 1. The fraction of sp³-hybridized carbons (Fsp3) is 0.0625. The average molecular weight is 333 g/mol. The molecule has 2 aromatic carbocycles. The first kappa shape index (κ1) is 16.5. The van der Waals surface area contributed by atoms with Crippen molar-refractivity contribution in [1.82, 2.24) is 4.13 Å². The summed E-state index contributed by atoms with van der Waals surface area (Å²) < 4.78 is 26.9. The average Bonchev–Trinajstić information content (AvgIpc) is 2.53. The molecule has 6 heteroatoms. The molecule has 0 aliphatic heterocycles. The number of hydrogen-bond acceptors (Lipinski definition) is 4. The van der Waals surface area contributed by atoms with E-state index in [2.05, 4.69) is 10.7 Å². The Morgan fingerprint density at radius 2 is 1.77 bits per heavy atom. The summed E-state index contributed by atoms with van der Waals surface area (Å²) in [5.74, 6) is -0.252. The predicted octanol–water partition coefficient (Wildman–Crippen LogP) is 3.35. The molecule has 0 heterocycles. The molecule has 0 aliphatic rings. The molecule has 2 rings (SSSR count). The van der Waals surface area contributed by atoms with Crippen molar-refractivity contribution in [2.45, 2.75) is 16.7 Å². The molecular formula is C16H15NO3S2. The van der Waals surface area contributed by atoms with Crippen LogP contribution in [-0.2, 0) is 10.0 Å². The summed E-state index contributed by atoms with van der Waals surface area (Å²) in [5.41, 5.74) is 1.39. The van der Waals surface area contributed by atoms with Crippen LogP contribution in [0.1, 0.15) is 15.9 Å². The molecule has 114 valence electrons. The van der Waals surface area contributed by atoms with E-state index in [0.717, 1.165) is 17.5 Å². The van der Waals surface area contributed by atoms with Crippen LogP contribution in [0.2, 0.25) is 0 Å². The van der Waals surface area contributed by atoms with Gasteiger partial charge in [-0.3, -0.25) is 4.79 Å². The maximum Gasteiger partial charge on any atom is 0.250 e. The SMILES string of the molecule is C=CC(=O)c1ccccc1SNS(=O)(=O)c1ccc(C)cc1. The molecule has 0 saturated heterocycles. The zero-order chi connectivity index (χ0) is 16.2. The van der Waals surface area contributed by atoms with Gasteiger partial charge in [0, 0.05) is 10.5 Å². The van der Waals surface area contributed by atoms with Crippen LogP contribution in [0.25, 0.3) is 0 Å². The molecule has 0 radical (unpaired) electrons. The molecule has 1 N–H and O–H groups in total. The van der Waals surface area contributed by atoms with E-state index in [1.165, 1.54) is 6.08 Å². The summed E-state index contributed by atoms with van der Waals surface area (Å²) in [6.07, 6.45) is 1.20. The van der Waals surface area contributed by atoms with Crippen LogP contribution < -0.4 is 4.13 Å². The Hall–Kier alpha value is -1.89. The molecule has 22 heavy (non-hydrogen) atoms. The fourth-order valence-corrected chi connectivity index (χ4v) is 3.84. The van der Waals surface area contributed by atoms with E-state index in [4.69, 9.17) is 0 Å².